The molecule has 0 aliphatic rings. The van der Waals surface area contributed by atoms with Crippen molar-refractivity contribution in [3.8, 4) is 11.8 Å². The molecule has 96 valence electrons. The fraction of sp³-hybridized carbons (Fsp3) is 0.143. The first kappa shape index (κ1) is 13.4. The van der Waals surface area contributed by atoms with Gasteiger partial charge in [0.25, 0.3) is 0 Å². The largest absolute Gasteiger partial charge is 0.506 e. The van der Waals surface area contributed by atoms with E-state index in [-0.39, 0.29) is 5.75 Å². The summed E-state index contributed by atoms with van der Waals surface area (Å²) >= 11 is 3.40. The Bertz CT molecular complexity index is 650. The first-order valence-corrected chi connectivity index (χ1v) is 6.48. The van der Waals surface area contributed by atoms with Crippen molar-refractivity contribution in [3.05, 3.63) is 51.8 Å². The van der Waals surface area contributed by atoms with E-state index in [4.69, 9.17) is 5.26 Å². The van der Waals surface area contributed by atoms with Crippen LogP contribution in [0.2, 0.25) is 0 Å². The van der Waals surface area contributed by atoms with Crippen molar-refractivity contribution < 1.29 is 5.11 Å². The molecule has 0 saturated heterocycles. The molecule has 0 bridgehead atoms. The summed E-state index contributed by atoms with van der Waals surface area (Å²) in [6.07, 6.45) is 0. The summed E-state index contributed by atoms with van der Waals surface area (Å²) in [5, 5.41) is 21.7. The van der Waals surface area contributed by atoms with Gasteiger partial charge >= 0.3 is 0 Å². The second kappa shape index (κ2) is 5.72. The third-order valence-electron chi connectivity index (χ3n) is 2.63. The molecule has 1 heterocycles. The summed E-state index contributed by atoms with van der Waals surface area (Å²) in [7, 11) is 0. The molecule has 2 rings (SSSR count). The summed E-state index contributed by atoms with van der Waals surface area (Å²) in [6, 6.07) is 10.8. The van der Waals surface area contributed by atoms with Crippen LogP contribution in [-0.2, 0) is 6.54 Å². The minimum Gasteiger partial charge on any atom is -0.506 e. The molecule has 0 unspecified atom stereocenters. The topological polar surface area (TPSA) is 68.9 Å². The Morgan fingerprint density at radius 2 is 2.16 bits per heavy atom. The summed E-state index contributed by atoms with van der Waals surface area (Å²) in [4.78, 5) is 4.27. The second-order valence-electron chi connectivity index (χ2n) is 4.08. The number of nitriles is 1. The molecule has 1 aromatic carbocycles. The van der Waals surface area contributed by atoms with Gasteiger partial charge in [-0.1, -0.05) is 0 Å². The average Bonchev–Trinajstić information content (AvgIpc) is 2.40. The van der Waals surface area contributed by atoms with Crippen LogP contribution in [0.5, 0.6) is 5.75 Å². The highest BCUT2D eigenvalue weighted by molar-refractivity contribution is 9.10. The van der Waals surface area contributed by atoms with E-state index in [1.54, 1.807) is 24.3 Å². The minimum absolute atomic E-state index is 0.169. The number of benzene rings is 1. The van der Waals surface area contributed by atoms with E-state index < -0.39 is 0 Å². The molecule has 5 heteroatoms. The lowest BCUT2D eigenvalue weighted by Crippen LogP contribution is -2.03. The van der Waals surface area contributed by atoms with E-state index in [2.05, 4.69) is 32.3 Å². The van der Waals surface area contributed by atoms with Crippen LogP contribution >= 0.6 is 15.9 Å². The van der Waals surface area contributed by atoms with Gasteiger partial charge < -0.3 is 10.4 Å². The number of hydrogen-bond donors (Lipinski definition) is 2. The molecule has 19 heavy (non-hydrogen) atoms. The van der Waals surface area contributed by atoms with Crippen LogP contribution in [0.4, 0.5) is 5.69 Å². The van der Waals surface area contributed by atoms with Crippen LogP contribution < -0.4 is 5.32 Å². The predicted octanol–water partition coefficient (Wildman–Crippen LogP) is 3.34. The normalized spacial score (nSPS) is 9.95. The molecule has 0 spiro atoms. The van der Waals surface area contributed by atoms with Gasteiger partial charge in [0.05, 0.1) is 18.2 Å². The Morgan fingerprint density at radius 1 is 1.37 bits per heavy atom. The third-order valence-corrected chi connectivity index (χ3v) is 3.29. The van der Waals surface area contributed by atoms with Crippen LogP contribution in [-0.4, -0.2) is 10.1 Å². The van der Waals surface area contributed by atoms with Crippen LogP contribution in [0.3, 0.4) is 0 Å². The zero-order valence-corrected chi connectivity index (χ0v) is 11.9. The zero-order chi connectivity index (χ0) is 13.8. The molecule has 0 atom stereocenters. The molecule has 0 fully saturated rings. The number of aromatic nitrogens is 1. The molecule has 4 nitrogen and oxygen atoms in total. The molecule has 0 aliphatic heterocycles. The second-order valence-corrected chi connectivity index (χ2v) is 4.93. The molecule has 0 amide bonds. The predicted molar refractivity (Wildman–Crippen MR) is 76.8 cm³/mol. The van der Waals surface area contributed by atoms with Crippen molar-refractivity contribution in [3.63, 3.8) is 0 Å². The highest BCUT2D eigenvalue weighted by atomic mass is 79.9. The maximum absolute atomic E-state index is 9.71. The van der Waals surface area contributed by atoms with Gasteiger partial charge in [-0.05, 0) is 53.2 Å². The molecular formula is C14H12BrN3O. The number of aryl methyl sites for hydroxylation is 1. The fourth-order valence-corrected chi connectivity index (χ4v) is 2.16. The van der Waals surface area contributed by atoms with E-state index in [0.717, 1.165) is 15.9 Å². The number of halogens is 1. The minimum atomic E-state index is 0.169. The Balaban J connectivity index is 2.15. The standard InChI is InChI=1S/C14H12BrN3O/c1-9-2-5-14(19)13(18-9)8-17-12-4-3-10(7-16)6-11(12)15/h2-6,17,19H,8H2,1H3. The molecule has 0 saturated carbocycles. The van der Waals surface area contributed by atoms with Crippen molar-refractivity contribution in [2.75, 3.05) is 5.32 Å². The van der Waals surface area contributed by atoms with E-state index in [1.807, 2.05) is 13.0 Å². The van der Waals surface area contributed by atoms with Gasteiger partial charge in [0.15, 0.2) is 0 Å². The number of hydrogen-bond acceptors (Lipinski definition) is 4. The highest BCUT2D eigenvalue weighted by Crippen LogP contribution is 2.25. The Hall–Kier alpha value is -2.06. The van der Waals surface area contributed by atoms with E-state index in [1.165, 1.54) is 0 Å². The molecule has 0 radical (unpaired) electrons. The smallest absolute Gasteiger partial charge is 0.138 e. The molecule has 2 N–H and O–H groups in total. The fourth-order valence-electron chi connectivity index (χ4n) is 1.64. The van der Waals surface area contributed by atoms with Crippen molar-refractivity contribution in [1.82, 2.24) is 4.98 Å². The number of nitrogens with one attached hydrogen (secondary N) is 1. The first-order chi connectivity index (χ1) is 9.10. The number of anilines is 1. The zero-order valence-electron chi connectivity index (χ0n) is 10.3. The van der Waals surface area contributed by atoms with Gasteiger partial charge in [0, 0.05) is 15.9 Å². The van der Waals surface area contributed by atoms with Gasteiger partial charge in [-0.2, -0.15) is 5.26 Å². The number of nitrogens with zero attached hydrogens (tertiary/aromatic N) is 2. The number of pyridine rings is 1. The van der Waals surface area contributed by atoms with E-state index >= 15 is 0 Å². The van der Waals surface area contributed by atoms with Gasteiger partial charge in [0.2, 0.25) is 0 Å². The summed E-state index contributed by atoms with van der Waals surface area (Å²) in [5.41, 5.74) is 2.89. The Morgan fingerprint density at radius 3 is 2.84 bits per heavy atom. The Kier molecular flexibility index (Phi) is 4.03. The first-order valence-electron chi connectivity index (χ1n) is 5.69. The lowest BCUT2D eigenvalue weighted by molar-refractivity contribution is 0.464. The Labute approximate surface area is 119 Å². The number of aromatic hydroxyl groups is 1. The van der Waals surface area contributed by atoms with E-state index in [0.29, 0.717) is 17.8 Å². The molecule has 1 aromatic heterocycles. The molecular weight excluding hydrogens is 306 g/mol. The SMILES string of the molecule is Cc1ccc(O)c(CNc2ccc(C#N)cc2Br)n1. The van der Waals surface area contributed by atoms with Crippen molar-refractivity contribution in [2.24, 2.45) is 0 Å². The van der Waals surface area contributed by atoms with Gasteiger partial charge in [0.1, 0.15) is 11.4 Å². The van der Waals surface area contributed by atoms with Crippen molar-refractivity contribution in [1.29, 1.82) is 5.26 Å². The van der Waals surface area contributed by atoms with Crippen molar-refractivity contribution >= 4 is 21.6 Å². The lowest BCUT2D eigenvalue weighted by Gasteiger charge is -2.10. The highest BCUT2D eigenvalue weighted by Gasteiger charge is 2.05. The third kappa shape index (κ3) is 3.24. The summed E-state index contributed by atoms with van der Waals surface area (Å²) < 4.78 is 0.804. The van der Waals surface area contributed by atoms with Crippen LogP contribution in [0.1, 0.15) is 17.0 Å². The monoisotopic (exact) mass is 317 g/mol. The van der Waals surface area contributed by atoms with Crippen LogP contribution in [0.15, 0.2) is 34.8 Å². The van der Waals surface area contributed by atoms with Gasteiger partial charge in [-0.15, -0.1) is 0 Å². The van der Waals surface area contributed by atoms with Crippen LogP contribution in [0, 0.1) is 18.3 Å². The average molecular weight is 318 g/mol. The molecule has 2 aromatic rings. The van der Waals surface area contributed by atoms with Crippen molar-refractivity contribution in [2.45, 2.75) is 13.5 Å². The maximum Gasteiger partial charge on any atom is 0.138 e. The molecule has 0 aliphatic carbocycles. The summed E-state index contributed by atoms with van der Waals surface area (Å²) in [5.74, 6) is 0.169. The van der Waals surface area contributed by atoms with E-state index in [9.17, 15) is 5.11 Å². The number of rotatable bonds is 3. The van der Waals surface area contributed by atoms with Crippen LogP contribution in [0.25, 0.3) is 0 Å². The summed E-state index contributed by atoms with van der Waals surface area (Å²) in [6.45, 7) is 2.29. The quantitative estimate of drug-likeness (QED) is 0.911. The van der Waals surface area contributed by atoms with Gasteiger partial charge in [-0.3, -0.25) is 4.98 Å². The van der Waals surface area contributed by atoms with Gasteiger partial charge in [-0.25, -0.2) is 0 Å². The lowest BCUT2D eigenvalue weighted by atomic mass is 10.2. The maximum atomic E-state index is 9.71.